The highest BCUT2D eigenvalue weighted by Crippen LogP contribution is 2.42. The highest BCUT2D eigenvalue weighted by atomic mass is 14.9. The highest BCUT2D eigenvalue weighted by molar-refractivity contribution is 5.62. The van der Waals surface area contributed by atoms with E-state index in [0.717, 1.165) is 11.6 Å². The zero-order valence-corrected chi connectivity index (χ0v) is 12.5. The van der Waals surface area contributed by atoms with Crippen LogP contribution in [0, 0.1) is 11.3 Å². The van der Waals surface area contributed by atoms with Crippen LogP contribution < -0.4 is 5.32 Å². The molecule has 1 heterocycles. The van der Waals surface area contributed by atoms with Crippen molar-refractivity contribution in [2.45, 2.75) is 39.7 Å². The molecule has 106 valence electrons. The molecule has 1 aromatic carbocycles. The fraction of sp³-hybridized carbons (Fsp3) is 0.471. The molecule has 1 fully saturated rings. The van der Waals surface area contributed by atoms with Crippen molar-refractivity contribution in [3.05, 3.63) is 36.8 Å². The Bertz CT molecular complexity index is 554. The molecule has 1 aliphatic carbocycles. The van der Waals surface area contributed by atoms with E-state index in [1.54, 1.807) is 6.33 Å². The van der Waals surface area contributed by atoms with Gasteiger partial charge >= 0.3 is 0 Å². The van der Waals surface area contributed by atoms with E-state index in [2.05, 4.69) is 60.3 Å². The molecule has 0 aliphatic heterocycles. The first-order valence-corrected chi connectivity index (χ1v) is 7.39. The number of nitrogens with one attached hydrogen (secondary N) is 2. The van der Waals surface area contributed by atoms with Crippen molar-refractivity contribution < 1.29 is 0 Å². The van der Waals surface area contributed by atoms with Gasteiger partial charge in [-0.25, -0.2) is 4.98 Å². The fourth-order valence-corrected chi connectivity index (χ4v) is 3.46. The number of aromatic nitrogens is 2. The number of nitrogens with zero attached hydrogens (tertiary/aromatic N) is 1. The Morgan fingerprint density at radius 2 is 1.95 bits per heavy atom. The topological polar surface area (TPSA) is 40.7 Å². The maximum Gasteiger partial charge on any atom is 0.0924 e. The molecular weight excluding hydrogens is 246 g/mol. The van der Waals surface area contributed by atoms with Crippen molar-refractivity contribution in [3.63, 3.8) is 0 Å². The Morgan fingerprint density at radius 3 is 2.50 bits per heavy atom. The molecule has 20 heavy (non-hydrogen) atoms. The number of anilines is 1. The number of hydrogen-bond donors (Lipinski definition) is 2. The normalized spacial score (nSPS) is 24.8. The molecule has 1 aromatic heterocycles. The van der Waals surface area contributed by atoms with Gasteiger partial charge < -0.3 is 10.3 Å². The third kappa shape index (κ3) is 2.72. The minimum atomic E-state index is 0.465. The Hall–Kier alpha value is -1.77. The van der Waals surface area contributed by atoms with Gasteiger partial charge in [0.05, 0.1) is 18.2 Å². The van der Waals surface area contributed by atoms with Gasteiger partial charge in [0.1, 0.15) is 0 Å². The predicted octanol–water partition coefficient (Wildman–Crippen LogP) is 4.31. The van der Waals surface area contributed by atoms with E-state index in [9.17, 15) is 0 Å². The highest BCUT2D eigenvalue weighted by Gasteiger charge is 2.36. The maximum atomic E-state index is 4.06. The first-order chi connectivity index (χ1) is 9.53. The molecule has 3 rings (SSSR count). The number of imidazole rings is 1. The summed E-state index contributed by atoms with van der Waals surface area (Å²) in [7, 11) is 0. The second kappa shape index (κ2) is 4.97. The molecule has 0 amide bonds. The smallest absolute Gasteiger partial charge is 0.0924 e. The molecule has 2 atom stereocenters. The van der Waals surface area contributed by atoms with Gasteiger partial charge in [-0.2, -0.15) is 0 Å². The van der Waals surface area contributed by atoms with E-state index in [0.29, 0.717) is 11.5 Å². The van der Waals surface area contributed by atoms with Crippen LogP contribution in [0.4, 0.5) is 5.69 Å². The summed E-state index contributed by atoms with van der Waals surface area (Å²) in [5.74, 6) is 0.734. The first kappa shape index (κ1) is 13.2. The number of rotatable bonds is 3. The molecule has 2 unspecified atom stereocenters. The van der Waals surface area contributed by atoms with Gasteiger partial charge in [-0.1, -0.05) is 32.9 Å². The molecule has 0 spiro atoms. The van der Waals surface area contributed by atoms with E-state index in [4.69, 9.17) is 0 Å². The molecule has 0 bridgehead atoms. The molecule has 2 N–H and O–H groups in total. The van der Waals surface area contributed by atoms with Crippen LogP contribution in [0.1, 0.15) is 33.6 Å². The van der Waals surface area contributed by atoms with Crippen LogP contribution in [0.2, 0.25) is 0 Å². The van der Waals surface area contributed by atoms with Gasteiger partial charge in [-0.15, -0.1) is 0 Å². The van der Waals surface area contributed by atoms with E-state index >= 15 is 0 Å². The third-order valence-corrected chi connectivity index (χ3v) is 4.38. The van der Waals surface area contributed by atoms with Crippen molar-refractivity contribution >= 4 is 5.69 Å². The molecule has 0 saturated heterocycles. The number of H-pyrrole nitrogens is 1. The number of benzene rings is 1. The summed E-state index contributed by atoms with van der Waals surface area (Å²) in [6.07, 6.45) is 6.11. The Labute approximate surface area is 120 Å². The summed E-state index contributed by atoms with van der Waals surface area (Å²) in [6.45, 7) is 7.09. The molecule has 3 nitrogen and oxygen atoms in total. The van der Waals surface area contributed by atoms with Crippen LogP contribution in [0.15, 0.2) is 36.8 Å². The quantitative estimate of drug-likeness (QED) is 0.871. The van der Waals surface area contributed by atoms with Gasteiger partial charge in [0.15, 0.2) is 0 Å². The van der Waals surface area contributed by atoms with Crippen molar-refractivity contribution in [1.29, 1.82) is 0 Å². The largest absolute Gasteiger partial charge is 0.382 e. The Morgan fingerprint density at radius 1 is 1.20 bits per heavy atom. The second-order valence-corrected chi connectivity index (χ2v) is 6.84. The van der Waals surface area contributed by atoms with Crippen LogP contribution in [0.5, 0.6) is 0 Å². The lowest BCUT2D eigenvalue weighted by molar-refractivity contribution is 0.366. The van der Waals surface area contributed by atoms with Crippen molar-refractivity contribution in [3.8, 4) is 11.3 Å². The predicted molar refractivity (Wildman–Crippen MR) is 83.6 cm³/mol. The Balaban J connectivity index is 1.70. The van der Waals surface area contributed by atoms with Gasteiger partial charge in [0.2, 0.25) is 0 Å². The third-order valence-electron chi connectivity index (χ3n) is 4.38. The van der Waals surface area contributed by atoms with Crippen LogP contribution >= 0.6 is 0 Å². The van der Waals surface area contributed by atoms with Gasteiger partial charge in [0, 0.05) is 11.7 Å². The van der Waals surface area contributed by atoms with E-state index in [1.165, 1.54) is 24.1 Å². The molecule has 1 aliphatic rings. The second-order valence-electron chi connectivity index (χ2n) is 6.84. The summed E-state index contributed by atoms with van der Waals surface area (Å²) in [4.78, 5) is 7.19. The molecule has 3 heteroatoms. The van der Waals surface area contributed by atoms with E-state index in [-0.39, 0.29) is 0 Å². The summed E-state index contributed by atoms with van der Waals surface area (Å²) in [5.41, 5.74) is 3.91. The lowest BCUT2D eigenvalue weighted by Crippen LogP contribution is -2.22. The minimum Gasteiger partial charge on any atom is -0.382 e. The lowest BCUT2D eigenvalue weighted by Gasteiger charge is -2.20. The minimum absolute atomic E-state index is 0.465. The first-order valence-electron chi connectivity index (χ1n) is 7.39. The van der Waals surface area contributed by atoms with Crippen molar-refractivity contribution in [2.24, 2.45) is 11.3 Å². The number of aromatic amines is 1. The zero-order valence-electron chi connectivity index (χ0n) is 12.5. The SMILES string of the molecule is CC1CC(C)(C)CC1Nc1ccc(-c2cnc[nH]2)cc1. The zero-order chi connectivity index (χ0) is 14.2. The summed E-state index contributed by atoms with van der Waals surface area (Å²) in [6, 6.07) is 9.19. The van der Waals surface area contributed by atoms with Crippen LogP contribution in [0.25, 0.3) is 11.3 Å². The Kier molecular flexibility index (Phi) is 3.28. The molecule has 2 aromatic rings. The van der Waals surface area contributed by atoms with Gasteiger partial charge in [-0.3, -0.25) is 0 Å². The van der Waals surface area contributed by atoms with Crippen LogP contribution in [0.3, 0.4) is 0 Å². The molecule has 0 radical (unpaired) electrons. The fourth-order valence-electron chi connectivity index (χ4n) is 3.46. The van der Waals surface area contributed by atoms with E-state index in [1.807, 2.05) is 6.20 Å². The van der Waals surface area contributed by atoms with Crippen LogP contribution in [-0.4, -0.2) is 16.0 Å². The number of hydrogen-bond acceptors (Lipinski definition) is 2. The standard InChI is InChI=1S/C17H23N3/c1-12-8-17(2,3)9-15(12)20-14-6-4-13(5-7-14)16-10-18-11-19-16/h4-7,10-12,15,20H,8-9H2,1-3H3,(H,18,19). The average Bonchev–Trinajstić information content (AvgIpc) is 2.99. The monoisotopic (exact) mass is 269 g/mol. The van der Waals surface area contributed by atoms with Crippen LogP contribution in [-0.2, 0) is 0 Å². The summed E-state index contributed by atoms with van der Waals surface area (Å²) < 4.78 is 0. The van der Waals surface area contributed by atoms with Gasteiger partial charge in [0.25, 0.3) is 0 Å². The van der Waals surface area contributed by atoms with Gasteiger partial charge in [-0.05, 0) is 41.9 Å². The average molecular weight is 269 g/mol. The molecular formula is C17H23N3. The van der Waals surface area contributed by atoms with E-state index < -0.39 is 0 Å². The summed E-state index contributed by atoms with van der Waals surface area (Å²) >= 11 is 0. The lowest BCUT2D eigenvalue weighted by atomic mass is 9.91. The maximum absolute atomic E-state index is 4.06. The van der Waals surface area contributed by atoms with Crippen molar-refractivity contribution in [2.75, 3.05) is 5.32 Å². The molecule has 1 saturated carbocycles. The summed E-state index contributed by atoms with van der Waals surface area (Å²) in [5, 5.41) is 3.69. The van der Waals surface area contributed by atoms with Crippen molar-refractivity contribution in [1.82, 2.24) is 9.97 Å².